The number of Topliss-reactive ketones (excluding diaryl/α,β-unsaturated/α-hetero) is 3. The second kappa shape index (κ2) is 7.71. The Bertz CT molecular complexity index is 807. The van der Waals surface area contributed by atoms with Crippen LogP contribution >= 0.6 is 0 Å². The minimum atomic E-state index is -4.67. The predicted octanol–water partition coefficient (Wildman–Crippen LogP) is 2.77. The van der Waals surface area contributed by atoms with Crippen molar-refractivity contribution in [2.75, 3.05) is 20.3 Å². The average molecular weight is 399 g/mol. The Kier molecular flexibility index (Phi) is 5.67. The van der Waals surface area contributed by atoms with Crippen molar-refractivity contribution in [1.82, 2.24) is 4.98 Å². The zero-order valence-corrected chi connectivity index (χ0v) is 15.3. The van der Waals surface area contributed by atoms with E-state index in [9.17, 15) is 27.6 Å². The molecular formula is C19H20F3NO5. The molecule has 2 fully saturated rings. The smallest absolute Gasteiger partial charge is 0.382 e. The maximum absolute atomic E-state index is 13.2. The van der Waals surface area contributed by atoms with E-state index in [1.807, 2.05) is 0 Å². The van der Waals surface area contributed by atoms with Gasteiger partial charge in [-0.2, -0.15) is 13.2 Å². The number of aromatic nitrogens is 1. The highest BCUT2D eigenvalue weighted by molar-refractivity contribution is 6.21. The highest BCUT2D eigenvalue weighted by atomic mass is 19.4. The molecule has 1 aromatic heterocycles. The van der Waals surface area contributed by atoms with Crippen LogP contribution in [0.5, 0.6) is 0 Å². The van der Waals surface area contributed by atoms with Gasteiger partial charge in [0.15, 0.2) is 11.6 Å². The fourth-order valence-electron chi connectivity index (χ4n) is 3.92. The number of hydrogen-bond donors (Lipinski definition) is 0. The molecule has 2 unspecified atom stereocenters. The van der Waals surface area contributed by atoms with Gasteiger partial charge in [0.1, 0.15) is 11.5 Å². The second-order valence-electron chi connectivity index (χ2n) is 7.15. The van der Waals surface area contributed by atoms with Crippen molar-refractivity contribution >= 4 is 17.3 Å². The Morgan fingerprint density at radius 2 is 2.04 bits per heavy atom. The van der Waals surface area contributed by atoms with E-state index < -0.39 is 28.9 Å². The molecule has 1 heterocycles. The quantitative estimate of drug-likeness (QED) is 0.398. The van der Waals surface area contributed by atoms with Crippen LogP contribution in [0.1, 0.15) is 47.4 Å². The Morgan fingerprint density at radius 1 is 1.29 bits per heavy atom. The monoisotopic (exact) mass is 399 g/mol. The number of methoxy groups -OCH3 is 1. The minimum Gasteiger partial charge on any atom is -0.382 e. The van der Waals surface area contributed by atoms with E-state index >= 15 is 0 Å². The number of fused-ring (bicyclic) bond motifs is 2. The Balaban J connectivity index is 1.94. The highest BCUT2D eigenvalue weighted by Gasteiger charge is 2.56. The third-order valence-electron chi connectivity index (χ3n) is 5.45. The van der Waals surface area contributed by atoms with Crippen LogP contribution in [-0.2, 0) is 31.8 Å². The van der Waals surface area contributed by atoms with E-state index in [4.69, 9.17) is 9.47 Å². The van der Waals surface area contributed by atoms with E-state index in [2.05, 4.69) is 4.98 Å². The molecule has 2 aliphatic rings. The van der Waals surface area contributed by atoms with Crippen LogP contribution < -0.4 is 0 Å². The van der Waals surface area contributed by atoms with Gasteiger partial charge in [0.05, 0.1) is 37.4 Å². The number of carbonyl (C=O) groups is 3. The van der Waals surface area contributed by atoms with Gasteiger partial charge in [0.25, 0.3) is 0 Å². The molecule has 2 aliphatic carbocycles. The standard InChI is InChI=1S/C19H20F3NO5/c1-27-6-7-28-10-13-12(2-3-15(23-13)19(20,21)22)17(26)18-5-4-11(9-18)14(24)8-16(18)25/h2-3,11H,4-10H2,1H3. The molecule has 0 aromatic carbocycles. The van der Waals surface area contributed by atoms with E-state index in [1.54, 1.807) is 0 Å². The van der Waals surface area contributed by atoms with Crippen LogP contribution in [0.3, 0.4) is 0 Å². The molecule has 0 radical (unpaired) electrons. The lowest BCUT2D eigenvalue weighted by Gasteiger charge is -2.30. The molecule has 3 rings (SSSR count). The van der Waals surface area contributed by atoms with E-state index in [-0.39, 0.29) is 62.0 Å². The molecule has 2 atom stereocenters. The summed E-state index contributed by atoms with van der Waals surface area (Å²) in [6.45, 7) is 0.0259. The summed E-state index contributed by atoms with van der Waals surface area (Å²) in [4.78, 5) is 41.3. The van der Waals surface area contributed by atoms with Crippen LogP contribution in [0.2, 0.25) is 0 Å². The lowest BCUT2D eigenvalue weighted by Crippen LogP contribution is -2.42. The van der Waals surface area contributed by atoms with Crippen molar-refractivity contribution in [2.24, 2.45) is 11.3 Å². The number of ether oxygens (including phenoxy) is 2. The van der Waals surface area contributed by atoms with Gasteiger partial charge >= 0.3 is 6.18 Å². The van der Waals surface area contributed by atoms with E-state index in [1.165, 1.54) is 7.11 Å². The Hall–Kier alpha value is -2.13. The van der Waals surface area contributed by atoms with Crippen LogP contribution in [0, 0.1) is 11.3 Å². The number of ketones is 3. The van der Waals surface area contributed by atoms with Crippen molar-refractivity contribution in [1.29, 1.82) is 0 Å². The molecule has 9 heteroatoms. The molecule has 1 aromatic rings. The second-order valence-corrected chi connectivity index (χ2v) is 7.15. The van der Waals surface area contributed by atoms with Crippen molar-refractivity contribution in [3.8, 4) is 0 Å². The zero-order valence-electron chi connectivity index (χ0n) is 15.3. The van der Waals surface area contributed by atoms with Crippen molar-refractivity contribution in [2.45, 2.75) is 38.5 Å². The first-order valence-electron chi connectivity index (χ1n) is 8.93. The number of halogens is 3. The van der Waals surface area contributed by atoms with Crippen LogP contribution in [0.15, 0.2) is 12.1 Å². The summed E-state index contributed by atoms with van der Waals surface area (Å²) in [7, 11) is 1.45. The molecule has 2 saturated carbocycles. The molecular weight excluding hydrogens is 379 g/mol. The summed E-state index contributed by atoms with van der Waals surface area (Å²) in [5.41, 5.74) is -2.71. The number of alkyl halides is 3. The predicted molar refractivity (Wildman–Crippen MR) is 89.5 cm³/mol. The molecule has 0 amide bonds. The van der Waals surface area contributed by atoms with Crippen LogP contribution in [-0.4, -0.2) is 42.7 Å². The lowest BCUT2D eigenvalue weighted by molar-refractivity contribution is -0.141. The highest BCUT2D eigenvalue weighted by Crippen LogP contribution is 2.50. The Morgan fingerprint density at radius 3 is 2.71 bits per heavy atom. The van der Waals surface area contributed by atoms with Gasteiger partial charge in [-0.1, -0.05) is 0 Å². The molecule has 28 heavy (non-hydrogen) atoms. The minimum absolute atomic E-state index is 0.0613. The van der Waals surface area contributed by atoms with Gasteiger partial charge in [-0.05, 0) is 31.4 Å². The van der Waals surface area contributed by atoms with Crippen molar-refractivity contribution < 1.29 is 37.0 Å². The number of hydrogen-bond acceptors (Lipinski definition) is 6. The SMILES string of the molecule is COCCOCc1nc(C(F)(F)F)ccc1C(=O)C12CCC(C1)C(=O)CC2=O. The largest absolute Gasteiger partial charge is 0.433 e. The van der Waals surface area contributed by atoms with Crippen molar-refractivity contribution in [3.05, 3.63) is 29.1 Å². The molecule has 0 spiro atoms. The summed E-state index contributed by atoms with van der Waals surface area (Å²) < 4.78 is 49.3. The summed E-state index contributed by atoms with van der Waals surface area (Å²) in [5.74, 6) is -1.54. The van der Waals surface area contributed by atoms with Crippen molar-refractivity contribution in [3.63, 3.8) is 0 Å². The molecule has 0 N–H and O–H groups in total. The third-order valence-corrected chi connectivity index (χ3v) is 5.45. The van der Waals surface area contributed by atoms with Gasteiger partial charge in [0, 0.05) is 18.6 Å². The lowest BCUT2D eigenvalue weighted by atomic mass is 9.69. The molecule has 2 bridgehead atoms. The topological polar surface area (TPSA) is 82.6 Å². The average Bonchev–Trinajstić information content (AvgIpc) is 3.06. The van der Waals surface area contributed by atoms with Gasteiger partial charge < -0.3 is 9.47 Å². The van der Waals surface area contributed by atoms with Gasteiger partial charge in [-0.3, -0.25) is 14.4 Å². The maximum Gasteiger partial charge on any atom is 0.433 e. The first-order valence-corrected chi connectivity index (χ1v) is 8.93. The summed E-state index contributed by atoms with van der Waals surface area (Å²) in [6.07, 6.45) is -4.19. The third kappa shape index (κ3) is 3.73. The van der Waals surface area contributed by atoms with Crippen LogP contribution in [0.4, 0.5) is 13.2 Å². The van der Waals surface area contributed by atoms with Gasteiger partial charge in [0.2, 0.25) is 0 Å². The number of nitrogens with zero attached hydrogens (tertiary/aromatic N) is 1. The molecule has 0 aliphatic heterocycles. The normalized spacial score (nSPS) is 24.6. The van der Waals surface area contributed by atoms with Crippen LogP contribution in [0.25, 0.3) is 0 Å². The first-order chi connectivity index (χ1) is 13.2. The fourth-order valence-corrected chi connectivity index (χ4v) is 3.92. The fraction of sp³-hybridized carbons (Fsp3) is 0.579. The number of pyridine rings is 1. The molecule has 6 nitrogen and oxygen atoms in total. The number of carbonyl (C=O) groups excluding carboxylic acids is 3. The maximum atomic E-state index is 13.2. The summed E-state index contributed by atoms with van der Waals surface area (Å²) in [5, 5.41) is 0. The summed E-state index contributed by atoms with van der Waals surface area (Å²) in [6, 6.07) is 1.78. The number of rotatable bonds is 7. The zero-order chi connectivity index (χ0) is 20.5. The first kappa shape index (κ1) is 20.6. The summed E-state index contributed by atoms with van der Waals surface area (Å²) >= 11 is 0. The Labute approximate surface area is 159 Å². The molecule has 0 saturated heterocycles. The van der Waals surface area contributed by atoms with Gasteiger partial charge in [-0.15, -0.1) is 0 Å². The van der Waals surface area contributed by atoms with Gasteiger partial charge in [-0.25, -0.2) is 4.98 Å². The molecule has 152 valence electrons. The van der Waals surface area contributed by atoms with E-state index in [0.29, 0.717) is 6.42 Å². The van der Waals surface area contributed by atoms with E-state index in [0.717, 1.165) is 12.1 Å².